The molecule has 0 radical (unpaired) electrons. The molecule has 2 saturated carbocycles. The van der Waals surface area contributed by atoms with Crippen LogP contribution in [0.1, 0.15) is 155 Å². The Bertz CT molecular complexity index is 2160. The van der Waals surface area contributed by atoms with E-state index in [2.05, 4.69) is 178 Å². The molecule has 332 valence electrons. The topological polar surface area (TPSA) is 0 Å². The van der Waals surface area contributed by atoms with E-state index in [9.17, 15) is 0 Å². The fraction of sp³-hybridized carbons (Fsp3) is 0.483. The zero-order valence-electron chi connectivity index (χ0n) is 40.0. The maximum Gasteiger partial charge on any atom is -1.00 e. The minimum atomic E-state index is 0. The van der Waals surface area contributed by atoms with Crippen LogP contribution in [-0.4, -0.2) is 5.43 Å². The van der Waals surface area contributed by atoms with Gasteiger partial charge in [-0.2, -0.15) is 12.1 Å². The molecule has 0 heterocycles. The van der Waals surface area contributed by atoms with Crippen LogP contribution in [0, 0.1) is 10.8 Å². The van der Waals surface area contributed by atoms with Gasteiger partial charge in [0.05, 0.1) is 0 Å². The predicted molar refractivity (Wildman–Crippen MR) is 264 cm³/mol. The van der Waals surface area contributed by atoms with Gasteiger partial charge in [0.1, 0.15) is 0 Å². The third kappa shape index (κ3) is 13.9. The molecule has 0 aromatic heterocycles. The summed E-state index contributed by atoms with van der Waals surface area (Å²) in [6.07, 6.45) is 19.3. The fourth-order valence-electron chi connectivity index (χ4n) is 10.5. The maximum atomic E-state index is 2.52. The van der Waals surface area contributed by atoms with E-state index < -0.39 is 0 Å². The summed E-state index contributed by atoms with van der Waals surface area (Å²) in [6.45, 7) is 23.5. The van der Waals surface area contributed by atoms with Crippen LogP contribution in [0.4, 0.5) is 0 Å². The first kappa shape index (κ1) is 52.4. The molecule has 0 nitrogen and oxygen atoms in total. The predicted octanol–water partition coefficient (Wildman–Crippen LogP) is 11.6. The van der Waals surface area contributed by atoms with Crippen molar-refractivity contribution in [2.45, 2.75) is 169 Å². The maximum absolute atomic E-state index is 2.52. The third-order valence-corrected chi connectivity index (χ3v) is 13.6. The van der Waals surface area contributed by atoms with Gasteiger partial charge in [0.15, 0.2) is 0 Å². The zero-order valence-corrected chi connectivity index (χ0v) is 45.0. The first-order valence-electron chi connectivity index (χ1n) is 23.5. The Labute approximate surface area is 405 Å². The van der Waals surface area contributed by atoms with Gasteiger partial charge < -0.3 is 24.8 Å². The molecule has 6 aromatic rings. The van der Waals surface area contributed by atoms with Gasteiger partial charge in [-0.15, -0.1) is 69.1 Å². The molecule has 6 aromatic carbocycles. The molecule has 0 spiro atoms. The van der Waals surface area contributed by atoms with Gasteiger partial charge in [0.25, 0.3) is 0 Å². The van der Waals surface area contributed by atoms with Gasteiger partial charge in [0, 0.05) is 0 Å². The number of fused-ring (bicyclic) bond motifs is 2. The Balaban J connectivity index is 0.000000244. The number of hydrogen-bond acceptors (Lipinski definition) is 0. The van der Waals surface area contributed by atoms with E-state index in [0.717, 1.165) is 0 Å². The zero-order chi connectivity index (χ0) is 43.1. The van der Waals surface area contributed by atoms with Crippen LogP contribution in [0.2, 0.25) is 13.1 Å². The van der Waals surface area contributed by atoms with Gasteiger partial charge >= 0.3 is 41.9 Å². The summed E-state index contributed by atoms with van der Waals surface area (Å²) in [6, 6.07) is 41.4. The van der Waals surface area contributed by atoms with Crippen LogP contribution in [0.15, 0.2) is 109 Å². The second kappa shape index (κ2) is 22.8. The van der Waals surface area contributed by atoms with Crippen molar-refractivity contribution in [2.75, 3.05) is 0 Å². The number of halogens is 2. The van der Waals surface area contributed by atoms with Gasteiger partial charge in [-0.25, -0.2) is 0 Å². The fourth-order valence-corrected chi connectivity index (χ4v) is 10.5. The molecule has 2 aliphatic rings. The van der Waals surface area contributed by atoms with Crippen molar-refractivity contribution in [3.63, 3.8) is 0 Å². The first-order valence-corrected chi connectivity index (χ1v) is 29.7. The monoisotopic (exact) mass is 960 g/mol. The van der Waals surface area contributed by atoms with E-state index in [1.807, 2.05) is 0 Å². The summed E-state index contributed by atoms with van der Waals surface area (Å²) < 4.78 is 0. The molecule has 0 atom stereocenters. The molecule has 0 bridgehead atoms. The van der Waals surface area contributed by atoms with Crippen molar-refractivity contribution in [3.8, 4) is 22.3 Å². The molecule has 0 amide bonds. The normalized spacial score (nSPS) is 16.3. The van der Waals surface area contributed by atoms with Crippen LogP contribution < -0.4 is 24.8 Å². The standard InChI is InChI=1S/2C28H35.C2H6Si.2ClH.Zr/c2*1-27(2,3)26-15-8-7-13-24(26)23-14-11-12-22-18-21(19-25(22)23)20-28(4)16-9-5-6-10-17-28;1-3-2;;;/h2*7-8,11-15,18-19H,5-6,9-10,16-17,20H2,1-4H3;1-2H3;2*1H;/q2*-1;;;;+2/p-2. The van der Waals surface area contributed by atoms with E-state index in [0.29, 0.717) is 10.8 Å². The van der Waals surface area contributed by atoms with E-state index in [-0.39, 0.29) is 41.1 Å². The summed E-state index contributed by atoms with van der Waals surface area (Å²) in [5.41, 5.74) is 12.9. The largest absolute Gasteiger partial charge is 1.00 e. The molecule has 8 rings (SSSR count). The molecule has 0 saturated heterocycles. The smallest absolute Gasteiger partial charge is 1.00 e. The molecule has 0 N–H and O–H groups in total. The van der Waals surface area contributed by atoms with Gasteiger partial charge in [-0.3, -0.25) is 0 Å². The third-order valence-electron chi connectivity index (χ3n) is 13.6. The van der Waals surface area contributed by atoms with E-state index >= 15 is 0 Å². The molecular weight excluding hydrogens is 887 g/mol. The summed E-state index contributed by atoms with van der Waals surface area (Å²) in [5.74, 6) is 0. The van der Waals surface area contributed by atoms with Crippen molar-refractivity contribution in [1.29, 1.82) is 0 Å². The van der Waals surface area contributed by atoms with Crippen molar-refractivity contribution in [1.82, 2.24) is 0 Å². The second-order valence-electron chi connectivity index (χ2n) is 21.7. The second-order valence-corrected chi connectivity index (χ2v) is 31.1. The Morgan fingerprint density at radius 3 is 1.11 bits per heavy atom. The van der Waals surface area contributed by atoms with Gasteiger partial charge in [-0.05, 0) is 82.4 Å². The Morgan fingerprint density at radius 2 is 0.790 bits per heavy atom. The molecular formula is C58H76Cl2SiZr-2. The summed E-state index contributed by atoms with van der Waals surface area (Å²) in [5, 5.41) is 5.64. The van der Waals surface area contributed by atoms with E-state index in [4.69, 9.17) is 0 Å². The first-order chi connectivity index (χ1) is 28.4. The average Bonchev–Trinajstić information content (AvgIpc) is 3.64. The summed E-state index contributed by atoms with van der Waals surface area (Å²) in [7, 11) is 0. The van der Waals surface area contributed by atoms with Crippen LogP contribution in [0.25, 0.3) is 43.8 Å². The minimum absolute atomic E-state index is 0. The molecule has 2 aliphatic carbocycles. The van der Waals surface area contributed by atoms with Crippen molar-refractivity contribution in [2.24, 2.45) is 10.8 Å². The van der Waals surface area contributed by atoms with Crippen molar-refractivity contribution in [3.05, 3.63) is 131 Å². The SMILES string of the molecule is CC1(Cc2cc3c(-c4ccccc4C(C)(C)C)cccc3[cH-]2)CCCCCC1.CC1(Cc2cc3c(-c4ccccc4C(C)(C)C)cccc3[cH-]2)CCCCCC1.C[Si](C)=[Zr+2].[Cl-].[Cl-]. The van der Waals surface area contributed by atoms with Gasteiger partial charge in [-0.1, -0.05) is 179 Å². The van der Waals surface area contributed by atoms with E-state index in [1.54, 1.807) is 23.3 Å². The van der Waals surface area contributed by atoms with Gasteiger partial charge in [0.2, 0.25) is 0 Å². The molecule has 0 unspecified atom stereocenters. The average molecular weight is 963 g/mol. The molecule has 2 fully saturated rings. The number of benzene rings is 4. The van der Waals surface area contributed by atoms with Crippen molar-refractivity contribution < 1.29 is 48.1 Å². The van der Waals surface area contributed by atoms with Crippen LogP contribution >= 0.6 is 0 Å². The van der Waals surface area contributed by atoms with Crippen LogP contribution in [0.5, 0.6) is 0 Å². The number of rotatable bonds is 6. The quantitative estimate of drug-likeness (QED) is 0.0886. The van der Waals surface area contributed by atoms with Crippen LogP contribution in [-0.2, 0) is 47.0 Å². The molecule has 62 heavy (non-hydrogen) atoms. The Morgan fingerprint density at radius 1 is 0.484 bits per heavy atom. The summed E-state index contributed by atoms with van der Waals surface area (Å²) >= 11 is 1.74. The van der Waals surface area contributed by atoms with Crippen molar-refractivity contribution >= 4 is 27.0 Å². The summed E-state index contributed by atoms with van der Waals surface area (Å²) in [4.78, 5) is 0. The Kier molecular flexibility index (Phi) is 19.3. The van der Waals surface area contributed by atoms with Crippen LogP contribution in [0.3, 0.4) is 0 Å². The minimum Gasteiger partial charge on any atom is -1.00 e. The Hall–Kier alpha value is -2.22. The number of hydrogen-bond donors (Lipinski definition) is 0. The molecule has 0 aliphatic heterocycles. The van der Waals surface area contributed by atoms with E-state index in [1.165, 1.54) is 156 Å². The molecule has 4 heteroatoms.